The monoisotopic (exact) mass is 1930 g/mol. The average molecular weight is 1930 g/mol. The molecule has 5 fully saturated rings. The van der Waals surface area contributed by atoms with Crippen molar-refractivity contribution in [1.29, 1.82) is 0 Å². The number of carbonyl (C=O) groups excluding carboxylic acids is 10. The lowest BCUT2D eigenvalue weighted by Gasteiger charge is -2.23. The number of nitrogens with one attached hydrogen (secondary N) is 5. The minimum absolute atomic E-state index is 0.0572. The number of aliphatic hydroxyl groups excluding tert-OH is 4. The first-order valence-electron chi connectivity index (χ1n) is 44.6. The smallest absolute Gasteiger partial charge is 0.351 e. The van der Waals surface area contributed by atoms with Crippen LogP contribution in [-0.4, -0.2) is 219 Å². The third-order valence-corrected chi connectivity index (χ3v) is 22.7. The molecule has 0 saturated carbocycles. The SMILES string of the molecule is CCC(=O)Nc1ccn([C@@H]2O[C@H](C(=O)O)[C@@H](C)[C@@H]2OC(=O)c2ccccc2)c(=O)n1.CCC(=O)Nc1ccn([C@@H]2O[C@H](C(C)=O)[C@@H](C)[C@@H]2OC(=O)c2ccccc2)c(=O)n1.CCC(=O)Nc1ccn([C@@H]2O[C@H](CC)[C@@H](C)[C@@H]2OC(=O)c2ccccc2)c(=O)n1.CCC(=O)Nc1ccn([C@@H]2O[C@H](CO)[C@@H](C)[C@@H]2OC(=O)c2ccccc2)c(=O)n1.CCC(=O)Nc1ccn([C@@H]2O[C@H](CO)[C@@H](O)[C@@H]2O)c(=O)n1. The van der Waals surface area contributed by atoms with Gasteiger partial charge in [-0.1, -0.05) is 142 Å². The number of benzene rings is 4. The van der Waals surface area contributed by atoms with E-state index in [1.165, 1.54) is 77.4 Å². The number of carboxylic acid groups (broad SMARTS) is 1. The second kappa shape index (κ2) is 49.9. The summed E-state index contributed by atoms with van der Waals surface area (Å²) >= 11 is 0. The fourth-order valence-electron chi connectivity index (χ4n) is 15.0. The van der Waals surface area contributed by atoms with Crippen molar-refractivity contribution < 1.29 is 121 Å². The van der Waals surface area contributed by atoms with Gasteiger partial charge in [-0.2, -0.15) is 24.9 Å². The quantitative estimate of drug-likeness (QED) is 0.0208. The molecule has 5 aliphatic heterocycles. The van der Waals surface area contributed by atoms with Crippen molar-refractivity contribution in [3.63, 3.8) is 0 Å². The molecule has 0 unspecified atom stereocenters. The molecule has 0 radical (unpaired) electrons. The first kappa shape index (κ1) is 106. The molecule has 5 saturated heterocycles. The van der Waals surface area contributed by atoms with Crippen LogP contribution >= 0.6 is 0 Å². The lowest BCUT2D eigenvalue weighted by Crippen LogP contribution is -2.36. The molecule has 0 spiro atoms. The van der Waals surface area contributed by atoms with E-state index >= 15 is 0 Å². The molecular weight excluding hydrogens is 1820 g/mol. The molecule has 4 aromatic carbocycles. The van der Waals surface area contributed by atoms with Crippen molar-refractivity contribution in [2.24, 2.45) is 23.7 Å². The van der Waals surface area contributed by atoms with Crippen LogP contribution in [0.15, 0.2) is 207 Å². The van der Waals surface area contributed by atoms with Crippen molar-refractivity contribution in [1.82, 2.24) is 47.8 Å². The van der Waals surface area contributed by atoms with E-state index in [0.29, 0.717) is 23.1 Å². The number of rotatable bonds is 28. The number of anilines is 5. The fraction of sp³-hybridized carbons (Fsp3) is 0.415. The highest BCUT2D eigenvalue weighted by atomic mass is 16.6. The molecule has 45 heteroatoms. The van der Waals surface area contributed by atoms with Crippen LogP contribution in [0, 0.1) is 23.7 Å². The molecule has 5 aromatic heterocycles. The van der Waals surface area contributed by atoms with Gasteiger partial charge in [0, 0.05) is 86.8 Å². The highest BCUT2D eigenvalue weighted by molar-refractivity contribution is 5.94. The molecule has 5 amide bonds. The maximum absolute atomic E-state index is 12.6. The molecule has 20 atom stereocenters. The Morgan fingerprint density at radius 2 is 0.561 bits per heavy atom. The van der Waals surface area contributed by atoms with Gasteiger partial charge in [-0.15, -0.1) is 0 Å². The number of ether oxygens (including phenoxy) is 9. The first-order valence-corrected chi connectivity index (χ1v) is 44.6. The van der Waals surface area contributed by atoms with Crippen molar-refractivity contribution >= 4 is 94.3 Å². The predicted molar refractivity (Wildman–Crippen MR) is 491 cm³/mol. The van der Waals surface area contributed by atoms with Crippen LogP contribution in [0.1, 0.15) is 187 Å². The molecule has 5 aliphatic rings. The van der Waals surface area contributed by atoms with Crippen LogP contribution < -0.4 is 55.0 Å². The molecule has 740 valence electrons. The number of ketones is 1. The zero-order valence-corrected chi connectivity index (χ0v) is 77.4. The summed E-state index contributed by atoms with van der Waals surface area (Å²) in [6.07, 6.45) is -6.18. The van der Waals surface area contributed by atoms with Crippen molar-refractivity contribution in [2.45, 2.75) is 213 Å². The van der Waals surface area contributed by atoms with Gasteiger partial charge in [0.25, 0.3) is 0 Å². The maximum Gasteiger partial charge on any atom is 0.351 e. The van der Waals surface area contributed by atoms with Gasteiger partial charge in [0.05, 0.1) is 47.7 Å². The van der Waals surface area contributed by atoms with Gasteiger partial charge in [-0.25, -0.2) is 47.9 Å². The Balaban J connectivity index is 0.000000180. The van der Waals surface area contributed by atoms with Gasteiger partial charge in [0.15, 0.2) is 67.4 Å². The molecule has 9 aromatic rings. The van der Waals surface area contributed by atoms with Gasteiger partial charge < -0.3 is 94.7 Å². The van der Waals surface area contributed by atoms with E-state index in [4.69, 9.17) is 47.7 Å². The number of aliphatic hydroxyl groups is 4. The van der Waals surface area contributed by atoms with Crippen LogP contribution in [0.4, 0.5) is 29.1 Å². The lowest BCUT2D eigenvalue weighted by molar-refractivity contribution is -0.153. The van der Waals surface area contributed by atoms with E-state index in [9.17, 15) is 97.1 Å². The third-order valence-electron chi connectivity index (χ3n) is 22.7. The van der Waals surface area contributed by atoms with Gasteiger partial charge in [0.2, 0.25) is 29.5 Å². The minimum atomic E-state index is -1.36. The van der Waals surface area contributed by atoms with Gasteiger partial charge in [0.1, 0.15) is 53.5 Å². The largest absolute Gasteiger partial charge is 0.479 e. The topological polar surface area (TPSA) is 607 Å². The number of esters is 4. The number of aromatic nitrogens is 10. The maximum atomic E-state index is 12.6. The Labute approximate surface area is 793 Å². The summed E-state index contributed by atoms with van der Waals surface area (Å²) in [5.41, 5.74) is -2.07. The van der Waals surface area contributed by atoms with E-state index in [1.807, 2.05) is 19.9 Å². The zero-order valence-electron chi connectivity index (χ0n) is 77.4. The van der Waals surface area contributed by atoms with E-state index < -0.39 is 169 Å². The Morgan fingerprint density at radius 1 is 0.324 bits per heavy atom. The standard InChI is InChI=1S/C21H23N3O6.C21H25N3O5.C20H21N3O7.C20H23N3O6.C12H17N3O6/c1-4-16(26)22-15-10-11-24(21(28)23-15)19-18(12(2)17(29-19)13(3)25)30-20(27)14-8-6-5-7-9-14;1-4-15-13(3)18(29-20(26)14-9-7-6-8-10-14)19(28-15)24-12-11-16(23-21(24)27)22-17(25)5-2;1-3-14(24)21-13-9-10-23(20(28)22-13)17-15(11(2)16(29-17)18(25)26)30-19(27)12-7-5-4-6-8-12;1-3-16(25)21-15-9-10-23(20(27)22-15)18-17(12(2)14(11-24)28-18)29-19(26)13-7-5-4-6-8-13;1-2-8(17)13-7-3-4-15(12(20)14-7)11-10(19)9(18)6(5-16)21-11/h5-12,17-19H,4H2,1-3H3,(H,22,23,26,28);6-13,15,18-19H,4-5H2,1-3H3,(H,22,23,25,27);4-11,15-17H,3H2,1-2H3,(H,25,26)(H,21,22,24,28);4-10,12,14,17-18,24H,3,11H2,1-2H3,(H,21,22,25,27);3-4,6,9-11,16,18-19H,2,5H2,1H3,(H,13,14,17,20)/t12-,17+,18+,19-;13-,15-,18+,19-;11-,15-,16-,17+;12-,14-,17+,18-;6-,9-,10+,11-/m11011/s1. The summed E-state index contributed by atoms with van der Waals surface area (Å²) in [6, 6.07) is 41.0. The number of Topliss-reactive ketones (excluding diaryl/α,β-unsaturated/α-hetero) is 1. The number of nitrogens with zero attached hydrogens (tertiary/aromatic N) is 10. The lowest BCUT2D eigenvalue weighted by atomic mass is 9.97. The van der Waals surface area contributed by atoms with Crippen molar-refractivity contribution in [2.75, 3.05) is 39.8 Å². The second-order valence-corrected chi connectivity index (χ2v) is 32.2. The van der Waals surface area contributed by atoms with E-state index in [0.717, 1.165) is 13.7 Å². The molecular formula is C94H109N15O30. The van der Waals surface area contributed by atoms with Crippen molar-refractivity contribution in [3.05, 3.63) is 257 Å². The number of hydrogen-bond donors (Lipinski definition) is 10. The summed E-state index contributed by atoms with van der Waals surface area (Å²) in [5, 5.41) is 60.0. The molecule has 14 rings (SSSR count). The Morgan fingerprint density at radius 3 is 0.806 bits per heavy atom. The van der Waals surface area contributed by atoms with E-state index in [-0.39, 0.29) is 127 Å². The number of carbonyl (C=O) groups is 11. The van der Waals surface area contributed by atoms with Crippen LogP contribution in [0.2, 0.25) is 0 Å². The summed E-state index contributed by atoms with van der Waals surface area (Å²) in [4.78, 5) is 212. The molecule has 0 bridgehead atoms. The summed E-state index contributed by atoms with van der Waals surface area (Å²) in [6.45, 7) is 18.0. The summed E-state index contributed by atoms with van der Waals surface area (Å²) in [7, 11) is 0. The molecule has 10 heterocycles. The average Bonchev–Trinajstić information content (AvgIpc) is 1.70. The van der Waals surface area contributed by atoms with Crippen LogP contribution in [0.5, 0.6) is 0 Å². The fourth-order valence-corrected chi connectivity index (χ4v) is 15.0. The Bertz CT molecular complexity index is 5810. The predicted octanol–water partition coefficient (Wildman–Crippen LogP) is 5.68. The Hall–Kier alpha value is -14.7. The normalized spacial score (nSPS) is 24.1. The zero-order chi connectivity index (χ0) is 101. The minimum Gasteiger partial charge on any atom is -0.479 e. The molecule has 0 aliphatic carbocycles. The van der Waals surface area contributed by atoms with E-state index in [1.54, 1.807) is 171 Å². The summed E-state index contributed by atoms with van der Waals surface area (Å²) < 4.78 is 56.7. The number of hydrogen-bond acceptors (Lipinski definition) is 34. The summed E-state index contributed by atoms with van der Waals surface area (Å²) in [5.74, 6) is -6.25. The Kier molecular flexibility index (Phi) is 38.1. The van der Waals surface area contributed by atoms with Crippen LogP contribution in [0.25, 0.3) is 0 Å². The number of carboxylic acids is 1. The van der Waals surface area contributed by atoms with Gasteiger partial charge in [-0.05, 0) is 92.2 Å². The van der Waals surface area contributed by atoms with Gasteiger partial charge in [-0.3, -0.25) is 51.6 Å². The second-order valence-electron chi connectivity index (χ2n) is 32.2. The third kappa shape index (κ3) is 27.2. The van der Waals surface area contributed by atoms with E-state index in [2.05, 4.69) is 51.5 Å². The molecule has 10 N–H and O–H groups in total. The highest BCUT2D eigenvalue weighted by Crippen LogP contribution is 2.41. The van der Waals surface area contributed by atoms with Crippen LogP contribution in [-0.2, 0) is 76.2 Å². The van der Waals surface area contributed by atoms with Crippen LogP contribution in [0.3, 0.4) is 0 Å². The molecule has 139 heavy (non-hydrogen) atoms. The molecule has 45 nitrogen and oxygen atoms in total. The number of amides is 5. The van der Waals surface area contributed by atoms with Gasteiger partial charge >= 0.3 is 58.3 Å². The first-order chi connectivity index (χ1) is 66.5. The van der Waals surface area contributed by atoms with Crippen molar-refractivity contribution in [3.8, 4) is 0 Å². The highest BCUT2D eigenvalue weighted by Gasteiger charge is 2.52. The number of aliphatic carboxylic acids is 1.